The second kappa shape index (κ2) is 7.32. The molecule has 0 saturated carbocycles. The van der Waals surface area contributed by atoms with Crippen molar-refractivity contribution in [3.63, 3.8) is 0 Å². The van der Waals surface area contributed by atoms with Gasteiger partial charge in [0, 0.05) is 23.3 Å². The first kappa shape index (κ1) is 17.4. The van der Waals surface area contributed by atoms with E-state index >= 15 is 0 Å². The van der Waals surface area contributed by atoms with Gasteiger partial charge in [-0.25, -0.2) is 14.2 Å². The Kier molecular flexibility index (Phi) is 4.55. The zero-order valence-electron chi connectivity index (χ0n) is 14.5. The van der Waals surface area contributed by atoms with Crippen molar-refractivity contribution >= 4 is 34.1 Å². The van der Waals surface area contributed by atoms with Crippen molar-refractivity contribution in [1.29, 1.82) is 0 Å². The lowest BCUT2D eigenvalue weighted by atomic mass is 10.2. The second-order valence-corrected chi connectivity index (χ2v) is 5.97. The number of nitrogens with zero attached hydrogens (tertiary/aromatic N) is 1. The maximum Gasteiger partial charge on any atom is 0.336 e. The third-order valence-electron chi connectivity index (χ3n) is 4.06. The number of hydrogen-bond acceptors (Lipinski definition) is 5. The van der Waals surface area contributed by atoms with Crippen LogP contribution in [0.25, 0.3) is 11.0 Å². The van der Waals surface area contributed by atoms with Crippen LogP contribution in [0.3, 0.4) is 0 Å². The fraction of sp³-hybridized carbons (Fsp3) is 0. The third kappa shape index (κ3) is 3.59. The Balaban J connectivity index is 1.61. The minimum absolute atomic E-state index is 0.219. The molecule has 0 unspecified atom stereocenters. The Bertz CT molecular complexity index is 1240. The van der Waals surface area contributed by atoms with E-state index in [4.69, 9.17) is 4.42 Å². The fourth-order valence-corrected chi connectivity index (χ4v) is 2.73. The summed E-state index contributed by atoms with van der Waals surface area (Å²) in [6.07, 6.45) is 1.51. The molecule has 28 heavy (non-hydrogen) atoms. The highest BCUT2D eigenvalue weighted by Crippen LogP contribution is 2.23. The SMILES string of the molecule is O=C(Nc1ccc2oc(=O)ccc2c1)c1cccnc1Nc1ccccc1F. The van der Waals surface area contributed by atoms with Gasteiger partial charge in [0.25, 0.3) is 5.91 Å². The third-order valence-corrected chi connectivity index (χ3v) is 4.06. The highest BCUT2D eigenvalue weighted by molar-refractivity contribution is 6.08. The van der Waals surface area contributed by atoms with Crippen molar-refractivity contribution in [3.8, 4) is 0 Å². The van der Waals surface area contributed by atoms with Gasteiger partial charge in [-0.05, 0) is 48.5 Å². The summed E-state index contributed by atoms with van der Waals surface area (Å²) < 4.78 is 19.0. The zero-order chi connectivity index (χ0) is 19.5. The summed E-state index contributed by atoms with van der Waals surface area (Å²) in [6, 6.07) is 17.2. The molecule has 0 atom stereocenters. The summed E-state index contributed by atoms with van der Waals surface area (Å²) in [5, 5.41) is 6.29. The van der Waals surface area contributed by atoms with Crippen LogP contribution in [0.4, 0.5) is 21.6 Å². The number of hydrogen-bond donors (Lipinski definition) is 2. The number of fused-ring (bicyclic) bond motifs is 1. The normalized spacial score (nSPS) is 10.6. The molecule has 0 saturated heterocycles. The predicted molar refractivity (Wildman–Crippen MR) is 104 cm³/mol. The Morgan fingerprint density at radius 2 is 1.86 bits per heavy atom. The zero-order valence-corrected chi connectivity index (χ0v) is 14.5. The smallest absolute Gasteiger partial charge is 0.336 e. The number of rotatable bonds is 4. The first-order valence-corrected chi connectivity index (χ1v) is 8.42. The molecule has 2 heterocycles. The van der Waals surface area contributed by atoms with Gasteiger partial charge in [0.15, 0.2) is 0 Å². The van der Waals surface area contributed by atoms with Crippen LogP contribution in [0.2, 0.25) is 0 Å². The quantitative estimate of drug-likeness (QED) is 0.519. The molecule has 2 N–H and O–H groups in total. The van der Waals surface area contributed by atoms with Crippen molar-refractivity contribution in [2.75, 3.05) is 10.6 Å². The van der Waals surface area contributed by atoms with E-state index in [2.05, 4.69) is 15.6 Å². The first-order chi connectivity index (χ1) is 13.6. The van der Waals surface area contributed by atoms with Gasteiger partial charge in [-0.15, -0.1) is 0 Å². The average molecular weight is 375 g/mol. The summed E-state index contributed by atoms with van der Waals surface area (Å²) in [5.41, 5.74) is 0.978. The van der Waals surface area contributed by atoms with Crippen LogP contribution in [0.5, 0.6) is 0 Å². The van der Waals surface area contributed by atoms with Gasteiger partial charge >= 0.3 is 5.63 Å². The Morgan fingerprint density at radius 1 is 1.00 bits per heavy atom. The Morgan fingerprint density at radius 3 is 2.71 bits per heavy atom. The van der Waals surface area contributed by atoms with Crippen LogP contribution in [-0.4, -0.2) is 10.9 Å². The maximum absolute atomic E-state index is 13.9. The number of benzene rings is 2. The topological polar surface area (TPSA) is 84.2 Å². The van der Waals surface area contributed by atoms with Crippen molar-refractivity contribution in [2.45, 2.75) is 0 Å². The van der Waals surface area contributed by atoms with Crippen molar-refractivity contribution in [2.24, 2.45) is 0 Å². The largest absolute Gasteiger partial charge is 0.423 e. The summed E-state index contributed by atoms with van der Waals surface area (Å²) in [6.45, 7) is 0. The number of nitrogens with one attached hydrogen (secondary N) is 2. The van der Waals surface area contributed by atoms with Crippen LogP contribution in [-0.2, 0) is 0 Å². The lowest BCUT2D eigenvalue weighted by Gasteiger charge is -2.12. The number of para-hydroxylation sites is 1. The predicted octanol–water partition coefficient (Wildman–Crippen LogP) is 4.32. The van der Waals surface area contributed by atoms with E-state index in [1.165, 1.54) is 18.3 Å². The fourth-order valence-electron chi connectivity index (χ4n) is 2.73. The molecule has 0 fully saturated rings. The van der Waals surface area contributed by atoms with E-state index in [1.807, 2.05) is 0 Å². The van der Waals surface area contributed by atoms with Gasteiger partial charge in [-0.2, -0.15) is 0 Å². The summed E-state index contributed by atoms with van der Waals surface area (Å²) in [7, 11) is 0. The number of carbonyl (C=O) groups excluding carboxylic acids is 1. The van der Waals surface area contributed by atoms with E-state index < -0.39 is 17.3 Å². The number of carbonyl (C=O) groups is 1. The van der Waals surface area contributed by atoms with Crippen LogP contribution in [0, 0.1) is 5.82 Å². The summed E-state index contributed by atoms with van der Waals surface area (Å²) >= 11 is 0. The molecule has 0 radical (unpaired) electrons. The van der Waals surface area contributed by atoms with E-state index in [9.17, 15) is 14.0 Å². The first-order valence-electron chi connectivity index (χ1n) is 8.42. The number of halogens is 1. The van der Waals surface area contributed by atoms with Crippen LogP contribution in [0.1, 0.15) is 10.4 Å². The standard InChI is InChI=1S/C21H14FN3O3/c22-16-5-1-2-6-17(16)25-20-15(4-3-11-23-20)21(27)24-14-8-9-18-13(12-14)7-10-19(26)28-18/h1-12H,(H,23,25)(H,24,27). The molecule has 2 aromatic heterocycles. The number of aromatic nitrogens is 1. The monoisotopic (exact) mass is 375 g/mol. The van der Waals surface area contributed by atoms with Gasteiger partial charge in [-0.1, -0.05) is 12.1 Å². The molecular weight excluding hydrogens is 361 g/mol. The molecule has 0 spiro atoms. The molecule has 0 aliphatic carbocycles. The molecule has 1 amide bonds. The molecule has 2 aromatic carbocycles. The minimum Gasteiger partial charge on any atom is -0.423 e. The van der Waals surface area contributed by atoms with Crippen molar-refractivity contribution in [1.82, 2.24) is 4.98 Å². The van der Waals surface area contributed by atoms with E-state index in [-0.39, 0.29) is 17.1 Å². The van der Waals surface area contributed by atoms with Crippen LogP contribution < -0.4 is 16.3 Å². The van der Waals surface area contributed by atoms with Gasteiger partial charge in [-0.3, -0.25) is 4.79 Å². The molecule has 4 rings (SSSR count). The molecular formula is C21H14FN3O3. The molecule has 0 aliphatic rings. The number of amides is 1. The molecule has 6 nitrogen and oxygen atoms in total. The van der Waals surface area contributed by atoms with E-state index in [1.54, 1.807) is 54.6 Å². The van der Waals surface area contributed by atoms with Crippen LogP contribution >= 0.6 is 0 Å². The Hall–Kier alpha value is -4.00. The van der Waals surface area contributed by atoms with Gasteiger partial charge in [0.2, 0.25) is 0 Å². The molecule has 7 heteroatoms. The van der Waals surface area contributed by atoms with Crippen LogP contribution in [0.15, 0.2) is 82.1 Å². The average Bonchev–Trinajstić information content (AvgIpc) is 2.70. The summed E-state index contributed by atoms with van der Waals surface area (Å²) in [4.78, 5) is 28.2. The highest BCUT2D eigenvalue weighted by atomic mass is 19.1. The molecule has 0 bridgehead atoms. The highest BCUT2D eigenvalue weighted by Gasteiger charge is 2.14. The lowest BCUT2D eigenvalue weighted by Crippen LogP contribution is -2.15. The molecule has 0 aliphatic heterocycles. The second-order valence-electron chi connectivity index (χ2n) is 5.97. The lowest BCUT2D eigenvalue weighted by molar-refractivity contribution is 0.102. The number of anilines is 3. The van der Waals surface area contributed by atoms with Gasteiger partial charge in [0.1, 0.15) is 17.2 Å². The Labute approximate surface area is 158 Å². The molecule has 138 valence electrons. The van der Waals surface area contributed by atoms with E-state index in [0.717, 1.165) is 0 Å². The van der Waals surface area contributed by atoms with Gasteiger partial charge in [0.05, 0.1) is 11.3 Å². The molecule has 4 aromatic rings. The number of pyridine rings is 1. The minimum atomic E-state index is -0.449. The van der Waals surface area contributed by atoms with Crippen molar-refractivity contribution < 1.29 is 13.6 Å². The summed E-state index contributed by atoms with van der Waals surface area (Å²) in [5.74, 6) is -0.629. The van der Waals surface area contributed by atoms with Crippen molar-refractivity contribution in [3.05, 3.63) is 94.7 Å². The van der Waals surface area contributed by atoms with E-state index in [0.29, 0.717) is 16.7 Å². The maximum atomic E-state index is 13.9. The van der Waals surface area contributed by atoms with Gasteiger partial charge < -0.3 is 15.1 Å².